The third-order valence-corrected chi connectivity index (χ3v) is 3.08. The Bertz CT molecular complexity index is 546. The number of aryl methyl sites for hydroxylation is 1. The topological polar surface area (TPSA) is 37.8 Å². The Hall–Kier alpha value is -1.64. The molecule has 3 heteroatoms. The van der Waals surface area contributed by atoms with Crippen molar-refractivity contribution in [2.24, 2.45) is 0 Å². The van der Waals surface area contributed by atoms with Gasteiger partial charge in [0.1, 0.15) is 5.82 Å². The fraction of sp³-hybridized carbons (Fsp3) is 0.467. The lowest BCUT2D eigenvalue weighted by Crippen LogP contribution is -2.31. The second-order valence-electron chi connectivity index (χ2n) is 5.41. The highest BCUT2D eigenvalue weighted by Gasteiger charge is 2.18. The first kappa shape index (κ1) is 12.8. The second-order valence-corrected chi connectivity index (χ2v) is 5.41. The van der Waals surface area contributed by atoms with Crippen LogP contribution in [0.2, 0.25) is 0 Å². The second kappa shape index (κ2) is 4.92. The van der Waals surface area contributed by atoms with Crippen LogP contribution >= 0.6 is 0 Å². The van der Waals surface area contributed by atoms with Gasteiger partial charge < -0.3 is 5.32 Å². The van der Waals surface area contributed by atoms with Gasteiger partial charge in [-0.15, -0.1) is 0 Å². The van der Waals surface area contributed by atoms with Gasteiger partial charge in [-0.05, 0) is 39.3 Å². The normalized spacial score (nSPS) is 11.8. The van der Waals surface area contributed by atoms with E-state index in [2.05, 4.69) is 36.1 Å². The standard InChI is InChI=1S/C15H21N3/c1-5-10-15(3,4)18-14-11(2)16-12-8-6-7-9-13(12)17-14/h6-9H,5,10H2,1-4H3,(H,17,18). The summed E-state index contributed by atoms with van der Waals surface area (Å²) in [6.45, 7) is 8.60. The minimum atomic E-state index is 0.0522. The van der Waals surface area contributed by atoms with Crippen molar-refractivity contribution < 1.29 is 0 Å². The molecule has 0 fully saturated rings. The van der Waals surface area contributed by atoms with Gasteiger partial charge in [0.2, 0.25) is 0 Å². The molecule has 0 aliphatic rings. The molecule has 0 spiro atoms. The van der Waals surface area contributed by atoms with Crippen LogP contribution in [-0.4, -0.2) is 15.5 Å². The molecule has 0 amide bonds. The van der Waals surface area contributed by atoms with Gasteiger partial charge in [0.05, 0.1) is 16.7 Å². The maximum atomic E-state index is 4.67. The van der Waals surface area contributed by atoms with Gasteiger partial charge in [-0.1, -0.05) is 25.5 Å². The summed E-state index contributed by atoms with van der Waals surface area (Å²) < 4.78 is 0. The van der Waals surface area contributed by atoms with E-state index < -0.39 is 0 Å². The average Bonchev–Trinajstić information content (AvgIpc) is 2.29. The minimum absolute atomic E-state index is 0.0522. The van der Waals surface area contributed by atoms with Crippen molar-refractivity contribution in [3.63, 3.8) is 0 Å². The Morgan fingerprint density at radius 2 is 1.72 bits per heavy atom. The predicted octanol–water partition coefficient (Wildman–Crippen LogP) is 3.93. The number of nitrogens with zero attached hydrogens (tertiary/aromatic N) is 2. The lowest BCUT2D eigenvalue weighted by Gasteiger charge is -2.27. The van der Waals surface area contributed by atoms with Gasteiger partial charge in [-0.25, -0.2) is 9.97 Å². The first-order valence-electron chi connectivity index (χ1n) is 6.53. The summed E-state index contributed by atoms with van der Waals surface area (Å²) in [4.78, 5) is 9.26. The van der Waals surface area contributed by atoms with E-state index in [1.54, 1.807) is 0 Å². The molecule has 0 bridgehead atoms. The van der Waals surface area contributed by atoms with Gasteiger partial charge in [-0.3, -0.25) is 0 Å². The van der Waals surface area contributed by atoms with E-state index in [-0.39, 0.29) is 5.54 Å². The summed E-state index contributed by atoms with van der Waals surface area (Å²) in [5.74, 6) is 0.896. The van der Waals surface area contributed by atoms with Crippen LogP contribution in [0.3, 0.4) is 0 Å². The molecule has 3 nitrogen and oxygen atoms in total. The molecule has 0 aliphatic carbocycles. The number of nitrogens with one attached hydrogen (secondary N) is 1. The van der Waals surface area contributed by atoms with Crippen LogP contribution < -0.4 is 5.32 Å². The van der Waals surface area contributed by atoms with Gasteiger partial charge in [-0.2, -0.15) is 0 Å². The van der Waals surface area contributed by atoms with Crippen molar-refractivity contribution in [3.05, 3.63) is 30.0 Å². The molecule has 0 aliphatic heterocycles. The van der Waals surface area contributed by atoms with Gasteiger partial charge in [0.25, 0.3) is 0 Å². The Labute approximate surface area is 109 Å². The highest BCUT2D eigenvalue weighted by Crippen LogP contribution is 2.22. The fourth-order valence-electron chi connectivity index (χ4n) is 2.21. The molecule has 1 aromatic carbocycles. The molecule has 96 valence electrons. The Morgan fingerprint density at radius 1 is 1.11 bits per heavy atom. The lowest BCUT2D eigenvalue weighted by atomic mass is 9.99. The molecule has 1 aromatic heterocycles. The molecule has 18 heavy (non-hydrogen) atoms. The smallest absolute Gasteiger partial charge is 0.148 e. The van der Waals surface area contributed by atoms with Crippen LogP contribution in [0.1, 0.15) is 39.3 Å². The average molecular weight is 243 g/mol. The van der Waals surface area contributed by atoms with E-state index in [1.807, 2.05) is 31.2 Å². The van der Waals surface area contributed by atoms with Crippen molar-refractivity contribution >= 4 is 16.9 Å². The number of aromatic nitrogens is 2. The zero-order valence-corrected chi connectivity index (χ0v) is 11.6. The zero-order chi connectivity index (χ0) is 13.2. The van der Waals surface area contributed by atoms with Crippen LogP contribution in [0.5, 0.6) is 0 Å². The van der Waals surface area contributed by atoms with Crippen molar-refractivity contribution in [1.29, 1.82) is 0 Å². The van der Waals surface area contributed by atoms with Crippen LogP contribution in [-0.2, 0) is 0 Å². The molecule has 0 saturated heterocycles. The molecule has 0 atom stereocenters. The van der Waals surface area contributed by atoms with Gasteiger partial charge in [0, 0.05) is 5.54 Å². The van der Waals surface area contributed by atoms with Crippen LogP contribution in [0.25, 0.3) is 11.0 Å². The molecule has 1 N–H and O–H groups in total. The van der Waals surface area contributed by atoms with Crippen LogP contribution in [0, 0.1) is 6.92 Å². The third-order valence-electron chi connectivity index (χ3n) is 3.08. The first-order valence-corrected chi connectivity index (χ1v) is 6.53. The summed E-state index contributed by atoms with van der Waals surface area (Å²) >= 11 is 0. The number of hydrogen-bond donors (Lipinski definition) is 1. The SMILES string of the molecule is CCCC(C)(C)Nc1nc2ccccc2nc1C. The Balaban J connectivity index is 2.36. The van der Waals surface area contributed by atoms with E-state index in [0.29, 0.717) is 0 Å². The number of rotatable bonds is 4. The quantitative estimate of drug-likeness (QED) is 0.884. The summed E-state index contributed by atoms with van der Waals surface area (Å²) in [7, 11) is 0. The Kier molecular flexibility index (Phi) is 3.50. The molecule has 1 heterocycles. The van der Waals surface area contributed by atoms with Crippen molar-refractivity contribution in [2.45, 2.75) is 46.1 Å². The largest absolute Gasteiger partial charge is 0.364 e. The molecule has 0 saturated carbocycles. The highest BCUT2D eigenvalue weighted by atomic mass is 15.1. The van der Waals surface area contributed by atoms with Crippen molar-refractivity contribution in [3.8, 4) is 0 Å². The maximum Gasteiger partial charge on any atom is 0.148 e. The molecule has 0 unspecified atom stereocenters. The maximum absolute atomic E-state index is 4.67. The summed E-state index contributed by atoms with van der Waals surface area (Å²) in [5.41, 5.74) is 2.90. The molecule has 2 aromatic rings. The first-order chi connectivity index (χ1) is 8.52. The molecular weight excluding hydrogens is 222 g/mol. The van der Waals surface area contributed by atoms with Crippen LogP contribution in [0.15, 0.2) is 24.3 Å². The lowest BCUT2D eigenvalue weighted by molar-refractivity contribution is 0.508. The predicted molar refractivity (Wildman–Crippen MR) is 76.9 cm³/mol. The van der Waals surface area contributed by atoms with Crippen molar-refractivity contribution in [2.75, 3.05) is 5.32 Å². The minimum Gasteiger partial charge on any atom is -0.364 e. The van der Waals surface area contributed by atoms with Gasteiger partial charge >= 0.3 is 0 Å². The van der Waals surface area contributed by atoms with Crippen molar-refractivity contribution in [1.82, 2.24) is 9.97 Å². The molecule has 0 radical (unpaired) electrons. The summed E-state index contributed by atoms with van der Waals surface area (Å²) in [5, 5.41) is 3.51. The monoisotopic (exact) mass is 243 g/mol. The Morgan fingerprint density at radius 3 is 2.33 bits per heavy atom. The summed E-state index contributed by atoms with van der Waals surface area (Å²) in [6, 6.07) is 7.98. The van der Waals surface area contributed by atoms with Crippen LogP contribution in [0.4, 0.5) is 5.82 Å². The number of anilines is 1. The van der Waals surface area contributed by atoms with E-state index in [9.17, 15) is 0 Å². The number of benzene rings is 1. The van der Waals surface area contributed by atoms with E-state index in [1.165, 1.54) is 0 Å². The van der Waals surface area contributed by atoms with E-state index >= 15 is 0 Å². The van der Waals surface area contributed by atoms with Gasteiger partial charge in [0.15, 0.2) is 0 Å². The number of fused-ring (bicyclic) bond motifs is 1. The molecule has 2 rings (SSSR count). The summed E-state index contributed by atoms with van der Waals surface area (Å²) in [6.07, 6.45) is 2.26. The number of para-hydroxylation sites is 2. The highest BCUT2D eigenvalue weighted by molar-refractivity contribution is 5.76. The fourth-order valence-corrected chi connectivity index (χ4v) is 2.21. The van der Waals surface area contributed by atoms with E-state index in [4.69, 9.17) is 0 Å². The third kappa shape index (κ3) is 2.78. The van der Waals surface area contributed by atoms with E-state index in [0.717, 1.165) is 35.4 Å². The molecular formula is C15H21N3. The number of hydrogen-bond acceptors (Lipinski definition) is 3. The zero-order valence-electron chi connectivity index (χ0n) is 11.6.